The van der Waals surface area contributed by atoms with E-state index in [0.29, 0.717) is 0 Å². The van der Waals surface area contributed by atoms with Gasteiger partial charge in [0.15, 0.2) is 0 Å². The van der Waals surface area contributed by atoms with Gasteiger partial charge in [-0.2, -0.15) is 0 Å². The standard InChI is InChI=1S/C65H48N2/c1-65(2)62-33-19-18-32-59(62)60-39-37-53(44-63(60)65)67(52-36-34-45-20-12-13-24-48(45)40-52)55-42-49(41-54(43-55)66(50-25-8-4-9-26-50)51-27-10-5-11-28-51)56-29-16-17-31-58(56)61-38-35-46-21-14-15-30-57(46)64(61)47-22-6-3-7-23-47/h3-44H,1-2H3. The van der Waals surface area contributed by atoms with Gasteiger partial charge in [-0.3, -0.25) is 0 Å². The van der Waals surface area contributed by atoms with E-state index in [-0.39, 0.29) is 5.41 Å². The molecule has 0 fully saturated rings. The Bertz CT molecular complexity index is 3570. The van der Waals surface area contributed by atoms with Gasteiger partial charge < -0.3 is 9.80 Å². The maximum atomic E-state index is 2.47. The van der Waals surface area contributed by atoms with Crippen molar-refractivity contribution in [3.63, 3.8) is 0 Å². The molecular formula is C65H48N2. The Morgan fingerprint density at radius 2 is 0.761 bits per heavy atom. The van der Waals surface area contributed by atoms with Crippen LogP contribution >= 0.6 is 0 Å². The first-order valence-corrected chi connectivity index (χ1v) is 23.3. The van der Waals surface area contributed by atoms with Crippen molar-refractivity contribution in [2.45, 2.75) is 19.3 Å². The lowest BCUT2D eigenvalue weighted by Crippen LogP contribution is -2.17. The summed E-state index contributed by atoms with van der Waals surface area (Å²) in [6.07, 6.45) is 0. The van der Waals surface area contributed by atoms with E-state index < -0.39 is 0 Å². The molecule has 2 nitrogen and oxygen atoms in total. The summed E-state index contributed by atoms with van der Waals surface area (Å²) in [5, 5.41) is 4.86. The summed E-state index contributed by atoms with van der Waals surface area (Å²) in [5.41, 5.74) is 18.7. The molecule has 11 aromatic carbocycles. The smallest absolute Gasteiger partial charge is 0.0488 e. The van der Waals surface area contributed by atoms with Crippen LogP contribution in [0.3, 0.4) is 0 Å². The van der Waals surface area contributed by atoms with Crippen molar-refractivity contribution in [3.8, 4) is 44.5 Å². The first kappa shape index (κ1) is 40.1. The number of anilines is 6. The van der Waals surface area contributed by atoms with E-state index in [0.717, 1.165) is 45.3 Å². The predicted molar refractivity (Wildman–Crippen MR) is 285 cm³/mol. The third kappa shape index (κ3) is 7.06. The quantitative estimate of drug-likeness (QED) is 0.143. The van der Waals surface area contributed by atoms with Gasteiger partial charge in [0.2, 0.25) is 0 Å². The van der Waals surface area contributed by atoms with Crippen LogP contribution in [0.15, 0.2) is 255 Å². The summed E-state index contributed by atoms with van der Waals surface area (Å²) in [6, 6.07) is 93.4. The van der Waals surface area contributed by atoms with Gasteiger partial charge in [0, 0.05) is 39.5 Å². The van der Waals surface area contributed by atoms with E-state index in [1.165, 1.54) is 66.1 Å². The minimum Gasteiger partial charge on any atom is -0.310 e. The van der Waals surface area contributed by atoms with Crippen LogP contribution in [0.5, 0.6) is 0 Å². The molecule has 2 heteroatoms. The molecule has 318 valence electrons. The van der Waals surface area contributed by atoms with E-state index in [4.69, 9.17) is 0 Å². The zero-order chi connectivity index (χ0) is 44.9. The van der Waals surface area contributed by atoms with Gasteiger partial charge >= 0.3 is 0 Å². The summed E-state index contributed by atoms with van der Waals surface area (Å²) >= 11 is 0. The third-order valence-electron chi connectivity index (χ3n) is 13.8. The van der Waals surface area contributed by atoms with E-state index in [9.17, 15) is 0 Å². The van der Waals surface area contributed by atoms with Crippen molar-refractivity contribution in [2.24, 2.45) is 0 Å². The van der Waals surface area contributed by atoms with Crippen molar-refractivity contribution in [2.75, 3.05) is 9.80 Å². The van der Waals surface area contributed by atoms with E-state index in [1.54, 1.807) is 0 Å². The lowest BCUT2D eigenvalue weighted by molar-refractivity contribution is 0.660. The second-order valence-electron chi connectivity index (χ2n) is 18.1. The first-order valence-electron chi connectivity index (χ1n) is 23.3. The highest BCUT2D eigenvalue weighted by molar-refractivity contribution is 6.06. The summed E-state index contributed by atoms with van der Waals surface area (Å²) < 4.78 is 0. The fraction of sp³-hybridized carbons (Fsp3) is 0.0462. The maximum Gasteiger partial charge on any atom is 0.0488 e. The van der Waals surface area contributed by atoms with Crippen molar-refractivity contribution in [1.29, 1.82) is 0 Å². The molecule has 0 bridgehead atoms. The van der Waals surface area contributed by atoms with Crippen LogP contribution in [0, 0.1) is 0 Å². The summed E-state index contributed by atoms with van der Waals surface area (Å²) in [7, 11) is 0. The zero-order valence-electron chi connectivity index (χ0n) is 37.6. The van der Waals surface area contributed by atoms with Crippen LogP contribution in [0.1, 0.15) is 25.0 Å². The van der Waals surface area contributed by atoms with Crippen LogP contribution in [0.25, 0.3) is 66.1 Å². The number of fused-ring (bicyclic) bond motifs is 5. The highest BCUT2D eigenvalue weighted by Gasteiger charge is 2.36. The second kappa shape index (κ2) is 16.5. The van der Waals surface area contributed by atoms with Crippen molar-refractivity contribution >= 4 is 55.7 Å². The molecule has 0 heterocycles. The SMILES string of the molecule is CC1(C)c2ccccc2-c2ccc(N(c3cc(-c4ccccc4-c4ccc5ccccc5c4-c4ccccc4)cc(N(c4ccccc4)c4ccccc4)c3)c3ccc4ccccc4c3)cc21. The molecule has 0 aliphatic heterocycles. The molecule has 0 aromatic heterocycles. The van der Waals surface area contributed by atoms with Gasteiger partial charge in [-0.05, 0) is 144 Å². The largest absolute Gasteiger partial charge is 0.310 e. The Morgan fingerprint density at radius 3 is 1.48 bits per heavy atom. The average Bonchev–Trinajstić information content (AvgIpc) is 3.62. The van der Waals surface area contributed by atoms with Crippen LogP contribution < -0.4 is 9.80 Å². The summed E-state index contributed by atoms with van der Waals surface area (Å²) in [5.74, 6) is 0. The van der Waals surface area contributed by atoms with E-state index >= 15 is 0 Å². The van der Waals surface area contributed by atoms with Gasteiger partial charge in [0.05, 0.1) is 0 Å². The third-order valence-corrected chi connectivity index (χ3v) is 13.8. The van der Waals surface area contributed by atoms with Gasteiger partial charge in [0.25, 0.3) is 0 Å². The Morgan fingerprint density at radius 1 is 0.269 bits per heavy atom. The van der Waals surface area contributed by atoms with Crippen molar-refractivity contribution < 1.29 is 0 Å². The molecule has 0 saturated carbocycles. The lowest BCUT2D eigenvalue weighted by Gasteiger charge is -2.31. The van der Waals surface area contributed by atoms with Crippen LogP contribution in [-0.4, -0.2) is 0 Å². The number of benzene rings is 11. The molecule has 12 rings (SSSR count). The summed E-state index contributed by atoms with van der Waals surface area (Å²) in [4.78, 5) is 4.86. The molecule has 1 aliphatic carbocycles. The fourth-order valence-electron chi connectivity index (χ4n) is 10.6. The van der Waals surface area contributed by atoms with Crippen LogP contribution in [0.2, 0.25) is 0 Å². The van der Waals surface area contributed by atoms with Crippen molar-refractivity contribution in [3.05, 3.63) is 266 Å². The topological polar surface area (TPSA) is 6.48 Å². The molecule has 0 atom stereocenters. The highest BCUT2D eigenvalue weighted by Crippen LogP contribution is 2.52. The van der Waals surface area contributed by atoms with Crippen molar-refractivity contribution in [1.82, 2.24) is 0 Å². The lowest BCUT2D eigenvalue weighted by atomic mass is 9.82. The van der Waals surface area contributed by atoms with Gasteiger partial charge in [-0.25, -0.2) is 0 Å². The highest BCUT2D eigenvalue weighted by atomic mass is 15.2. The monoisotopic (exact) mass is 856 g/mol. The summed E-state index contributed by atoms with van der Waals surface area (Å²) in [6.45, 7) is 4.73. The number of hydrogen-bond acceptors (Lipinski definition) is 2. The molecular weight excluding hydrogens is 809 g/mol. The Labute approximate surface area is 393 Å². The second-order valence-corrected chi connectivity index (χ2v) is 18.1. The van der Waals surface area contributed by atoms with E-state index in [2.05, 4.69) is 278 Å². The predicted octanol–water partition coefficient (Wildman–Crippen LogP) is 18.2. The number of hydrogen-bond donors (Lipinski definition) is 0. The molecule has 0 amide bonds. The number of para-hydroxylation sites is 2. The van der Waals surface area contributed by atoms with Crippen LogP contribution in [0.4, 0.5) is 34.1 Å². The molecule has 0 N–H and O–H groups in total. The molecule has 11 aromatic rings. The minimum absolute atomic E-state index is 0.170. The Balaban J connectivity index is 1.14. The average molecular weight is 857 g/mol. The fourth-order valence-corrected chi connectivity index (χ4v) is 10.6. The molecule has 67 heavy (non-hydrogen) atoms. The molecule has 0 spiro atoms. The normalized spacial score (nSPS) is 12.4. The number of rotatable bonds is 9. The molecule has 0 unspecified atom stereocenters. The molecule has 0 radical (unpaired) electrons. The first-order chi connectivity index (χ1) is 33.0. The van der Waals surface area contributed by atoms with Crippen LogP contribution in [-0.2, 0) is 5.41 Å². The molecule has 1 aliphatic rings. The zero-order valence-corrected chi connectivity index (χ0v) is 37.6. The van der Waals surface area contributed by atoms with Gasteiger partial charge in [0.1, 0.15) is 0 Å². The maximum absolute atomic E-state index is 2.47. The van der Waals surface area contributed by atoms with Gasteiger partial charge in [-0.1, -0.05) is 202 Å². The molecule has 0 saturated heterocycles. The Kier molecular flexibility index (Phi) is 9.88. The minimum atomic E-state index is -0.170. The van der Waals surface area contributed by atoms with E-state index in [1.807, 2.05) is 0 Å². The number of nitrogens with zero attached hydrogens (tertiary/aromatic N) is 2. The van der Waals surface area contributed by atoms with Gasteiger partial charge in [-0.15, -0.1) is 0 Å². The Hall–Kier alpha value is -8.46.